The minimum Gasteiger partial charge on any atom is -0.482 e. The number of carbonyl (C=O) groups excluding carboxylic acids is 12. The number of allylic oxidation sites excluding steroid dienone is 2. The molecule has 30 heteroatoms. The summed E-state index contributed by atoms with van der Waals surface area (Å²) < 4.78 is 23.0. The first-order chi connectivity index (χ1) is 56.7. The first-order valence-electron chi connectivity index (χ1n) is 42.4. The molecular formula is C88H124N8O22. The van der Waals surface area contributed by atoms with Crippen molar-refractivity contribution in [2.24, 2.45) is 35.5 Å². The third kappa shape index (κ3) is 33.0. The number of piperazine rings is 2. The van der Waals surface area contributed by atoms with Crippen molar-refractivity contribution < 1.29 is 106 Å². The lowest BCUT2D eigenvalue weighted by Gasteiger charge is -2.32. The molecule has 4 fully saturated rings. The number of benzene rings is 2. The predicted octanol–water partition coefficient (Wildman–Crippen LogP) is 6.78. The number of rotatable bonds is 50. The zero-order valence-electron chi connectivity index (χ0n) is 68.8. The highest BCUT2D eigenvalue weighted by atomic mass is 16.5. The van der Waals surface area contributed by atoms with Gasteiger partial charge in [-0.3, -0.25) is 47.9 Å². The number of hydrogen-bond donors (Lipinski definition) is 12. The van der Waals surface area contributed by atoms with Gasteiger partial charge < -0.3 is 81.9 Å². The molecule has 2 saturated carbocycles. The monoisotopic (exact) mass is 1640 g/mol. The van der Waals surface area contributed by atoms with Crippen molar-refractivity contribution in [2.45, 2.75) is 269 Å². The molecular weight excluding hydrogens is 1520 g/mol. The highest BCUT2D eigenvalue weighted by Crippen LogP contribution is 2.51. The molecule has 4 unspecified atom stereocenters. The number of aliphatic hydroxyl groups is 2. The average Bonchev–Trinajstić information content (AvgIpc) is 1.50. The first kappa shape index (κ1) is 95.0. The molecule has 30 nitrogen and oxygen atoms in total. The Morgan fingerprint density at radius 3 is 1.25 bits per heavy atom. The number of ether oxygens (including phenoxy) is 4. The van der Waals surface area contributed by atoms with Crippen LogP contribution in [0.1, 0.15) is 217 Å². The maximum Gasteiger partial charge on any atom is 0.341 e. The topological polar surface area (TPSA) is 453 Å². The molecule has 4 aliphatic carbocycles. The van der Waals surface area contributed by atoms with Crippen molar-refractivity contribution >= 4 is 82.7 Å². The number of aliphatic carboxylic acids is 2. The van der Waals surface area contributed by atoms with E-state index in [-0.39, 0.29) is 88.6 Å². The van der Waals surface area contributed by atoms with E-state index in [1.165, 1.54) is 38.2 Å². The molecule has 0 bridgehead atoms. The van der Waals surface area contributed by atoms with Crippen molar-refractivity contribution in [2.75, 3.05) is 39.4 Å². The van der Waals surface area contributed by atoms with Gasteiger partial charge in [0.1, 0.15) is 47.9 Å². The second-order valence-corrected chi connectivity index (χ2v) is 32.0. The minimum absolute atomic E-state index is 0.0138. The van der Waals surface area contributed by atoms with Crippen LogP contribution < -0.4 is 52.0 Å². The van der Waals surface area contributed by atoms with E-state index in [4.69, 9.17) is 29.2 Å². The summed E-state index contributed by atoms with van der Waals surface area (Å²) in [5.74, 6) is -4.34. The lowest BCUT2D eigenvalue weighted by molar-refractivity contribution is -0.146. The Balaban J connectivity index is 0.000000326. The van der Waals surface area contributed by atoms with Crippen LogP contribution in [-0.4, -0.2) is 191 Å². The fourth-order valence-electron chi connectivity index (χ4n) is 16.9. The quantitative estimate of drug-likeness (QED) is 0.0184. The third-order valence-electron chi connectivity index (χ3n) is 22.9. The third-order valence-corrected chi connectivity index (χ3v) is 22.9. The number of hydrogen-bond acceptors (Lipinski definition) is 20. The fraction of sp³-hybridized carbons (Fsp3) is 0.614. The van der Waals surface area contributed by atoms with E-state index in [0.29, 0.717) is 166 Å². The number of unbranched alkanes of at least 4 members (excludes halogenated alkanes) is 8. The summed E-state index contributed by atoms with van der Waals surface area (Å²) in [5.41, 5.74) is 4.22. The van der Waals surface area contributed by atoms with Crippen LogP contribution in [0, 0.1) is 35.5 Å². The van der Waals surface area contributed by atoms with Gasteiger partial charge in [0.2, 0.25) is 47.3 Å². The van der Waals surface area contributed by atoms with Crippen LogP contribution in [0.2, 0.25) is 0 Å². The van der Waals surface area contributed by atoms with E-state index < -0.39 is 91.4 Å². The van der Waals surface area contributed by atoms with Gasteiger partial charge >= 0.3 is 23.9 Å². The van der Waals surface area contributed by atoms with Gasteiger partial charge in [-0.1, -0.05) is 70.2 Å². The van der Waals surface area contributed by atoms with Crippen molar-refractivity contribution in [3.05, 3.63) is 107 Å². The maximum absolute atomic E-state index is 13.1. The molecule has 2 aromatic carbocycles. The van der Waals surface area contributed by atoms with Crippen LogP contribution in [0.5, 0.6) is 11.5 Å². The van der Waals surface area contributed by atoms with E-state index in [2.05, 4.69) is 56.4 Å². The molecule has 2 aliphatic heterocycles. The van der Waals surface area contributed by atoms with Crippen molar-refractivity contribution in [1.29, 1.82) is 0 Å². The number of esters is 2. The molecule has 14 atom stereocenters. The number of nitrogens with one attached hydrogen (secondary N) is 8. The van der Waals surface area contributed by atoms with Crippen LogP contribution in [0.4, 0.5) is 0 Å². The Labute approximate surface area is 691 Å². The second-order valence-electron chi connectivity index (χ2n) is 32.0. The van der Waals surface area contributed by atoms with E-state index >= 15 is 0 Å². The van der Waals surface area contributed by atoms with Crippen molar-refractivity contribution in [3.8, 4) is 11.5 Å². The molecule has 2 heterocycles. The van der Waals surface area contributed by atoms with Gasteiger partial charge in [0.05, 0.1) is 12.2 Å². The summed E-state index contributed by atoms with van der Waals surface area (Å²) in [5, 5.41) is 62.0. The number of carboxylic acids is 2. The first-order valence-corrected chi connectivity index (χ1v) is 42.4. The number of fused-ring (bicyclic) bond motifs is 4. The Morgan fingerprint density at radius 1 is 0.449 bits per heavy atom. The van der Waals surface area contributed by atoms with Gasteiger partial charge in [-0.25, -0.2) is 19.2 Å². The van der Waals surface area contributed by atoms with Gasteiger partial charge in [0.15, 0.2) is 24.8 Å². The smallest absolute Gasteiger partial charge is 0.341 e. The van der Waals surface area contributed by atoms with Gasteiger partial charge in [-0.2, -0.15) is 0 Å². The molecule has 648 valence electrons. The number of ketones is 2. The van der Waals surface area contributed by atoms with E-state index in [9.17, 15) is 77.3 Å². The fourth-order valence-corrected chi connectivity index (χ4v) is 16.9. The largest absolute Gasteiger partial charge is 0.482 e. The summed E-state index contributed by atoms with van der Waals surface area (Å²) in [4.78, 5) is 169. The van der Waals surface area contributed by atoms with Crippen molar-refractivity contribution in [3.63, 3.8) is 0 Å². The normalized spacial score (nSPS) is 22.8. The van der Waals surface area contributed by atoms with Crippen LogP contribution >= 0.6 is 0 Å². The summed E-state index contributed by atoms with van der Waals surface area (Å²) >= 11 is 0. The van der Waals surface area contributed by atoms with Crippen molar-refractivity contribution in [1.82, 2.24) is 42.5 Å². The Bertz CT molecular complexity index is 3870. The molecule has 8 amide bonds. The molecule has 2 aromatic rings. The lowest BCUT2D eigenvalue weighted by atomic mass is 9.73. The summed E-state index contributed by atoms with van der Waals surface area (Å²) in [6.07, 6.45) is 28.1. The lowest BCUT2D eigenvalue weighted by Crippen LogP contribution is -2.61. The van der Waals surface area contributed by atoms with Crippen LogP contribution in [0.15, 0.2) is 85.0 Å². The summed E-state index contributed by atoms with van der Waals surface area (Å²) in [7, 11) is 0. The molecule has 12 N–H and O–H groups in total. The van der Waals surface area contributed by atoms with Crippen LogP contribution in [-0.2, 0) is 102 Å². The van der Waals surface area contributed by atoms with Crippen LogP contribution in [0.25, 0.3) is 0 Å². The molecule has 2 saturated heterocycles. The Hall–Kier alpha value is -10.1. The second kappa shape index (κ2) is 50.6. The average molecular weight is 1650 g/mol. The predicted molar refractivity (Wildman–Crippen MR) is 436 cm³/mol. The number of amides is 8. The van der Waals surface area contributed by atoms with Gasteiger partial charge in [-0.15, -0.1) is 0 Å². The number of aliphatic hydroxyl groups excluding tert-OH is 2. The SMILES string of the molecule is CCCCC[C@@H](CC[C@@H]1[C@H]2Cc3cccc(OCC(=O)O)c3C[C@H]2C[C@H]1O)OC(=O)/C=C/C(=O)NCCCCC1NC(=O)C(CCCCNC(=O)/C=C/C(C)=O)NC1=O.CCCCC[C@H](O)CC[C@@H]1[C@H]2Cc3cccc(OCC(=O)O)c3C[C@H]2C[C@H]1OC(=O)/C=C/C(=O)NCCCCC1NC(=O)C(CCCCNC(=O)/C=C/C(C)=O)NC1=O. The zero-order chi connectivity index (χ0) is 85.5. The number of carbonyl (C=O) groups is 14. The van der Waals surface area contributed by atoms with E-state index in [1.807, 2.05) is 24.3 Å². The van der Waals surface area contributed by atoms with E-state index in [1.54, 1.807) is 12.1 Å². The van der Waals surface area contributed by atoms with E-state index in [0.717, 1.165) is 111 Å². The number of carboxylic acid groups (broad SMARTS) is 2. The van der Waals surface area contributed by atoms with Gasteiger partial charge in [0.25, 0.3) is 0 Å². The van der Waals surface area contributed by atoms with Gasteiger partial charge in [0, 0.05) is 62.6 Å². The minimum atomic E-state index is -1.05. The summed E-state index contributed by atoms with van der Waals surface area (Å²) in [6, 6.07) is 8.77. The molecule has 8 rings (SSSR count). The highest BCUT2D eigenvalue weighted by molar-refractivity contribution is 5.99. The highest BCUT2D eigenvalue weighted by Gasteiger charge is 2.48. The molecule has 0 aromatic heterocycles. The molecule has 0 radical (unpaired) electrons. The van der Waals surface area contributed by atoms with Gasteiger partial charge in [-0.05, 0) is 256 Å². The standard InChI is InChI=1S/2C44H62N4O11/c1-3-4-5-12-31(17-18-32-33-24-29-11-10-15-38(58-27-41(53)54)34(29)25-30(33)26-37(32)50)59-42(55)21-20-40(52)46-23-9-7-14-36-44(57)47-35(43(56)48-36)13-6-8-22-45-39(51)19-16-28(2)49;1-3-4-5-12-31(50)17-18-32-33-24-29-11-10-15-37(58-27-41(53)54)34(29)25-30(33)26-38(32)59-42(55)21-20-40(52)46-23-9-7-14-36-44(57)47-35(43(56)48-36)13-6-8-22-45-39(51)19-16-28(2)49/h10-11,15-16,19-21,30-33,35-37,50H,3-9,12-14,17-18,22-27H2,1-2H3,(H,45,51)(H,46,52)(H,47,57)(H,48,56)(H,53,54);10-11,15-16,19-21,30-33,35-36,38,50H,3-9,12-14,17-18,22-27H2,1-2H3,(H,45,51)(H,46,52)(H,47,57)(H,48,56)(H,53,54)/b2*19-16+,21-20+/t30-,31-,32+,33-,35?,36?,37+;30-,31-,32+,33-,35?,36?,38+/m00/s1. The maximum atomic E-state index is 13.1. The zero-order valence-corrected chi connectivity index (χ0v) is 68.8. The molecule has 6 aliphatic rings. The molecule has 0 spiro atoms. The Morgan fingerprint density at radius 2 is 0.839 bits per heavy atom. The summed E-state index contributed by atoms with van der Waals surface area (Å²) in [6.45, 7) is 7.48. The Kier molecular flexibility index (Phi) is 40.8. The molecule has 118 heavy (non-hydrogen) atoms. The van der Waals surface area contributed by atoms with Crippen LogP contribution in [0.3, 0.4) is 0 Å².